The van der Waals surface area contributed by atoms with E-state index >= 15 is 0 Å². The van der Waals surface area contributed by atoms with Gasteiger partial charge in [-0.1, -0.05) is 6.92 Å². The standard InChI is InChI=1S/C17H26O10/c1-3-8-9(4-5-18)10(15(23)24-2)7-25-16(8)27-17-14(22)13(21)12(20)11(6-19)26-17/h5,7-9,11-14,16-17,19-22H,3-4,6H2,1-2H3/t8-,9+,11-,12-,13+,14-,16+,17+/m1/s1. The van der Waals surface area contributed by atoms with Crippen molar-refractivity contribution in [1.82, 2.24) is 0 Å². The van der Waals surface area contributed by atoms with Crippen LogP contribution in [0.15, 0.2) is 11.8 Å². The first-order valence-electron chi connectivity index (χ1n) is 8.72. The topological polar surface area (TPSA) is 152 Å². The van der Waals surface area contributed by atoms with E-state index in [0.717, 1.165) is 6.26 Å². The van der Waals surface area contributed by atoms with Crippen LogP contribution in [0, 0.1) is 11.8 Å². The second-order valence-electron chi connectivity index (χ2n) is 6.48. The van der Waals surface area contributed by atoms with E-state index in [9.17, 15) is 30.0 Å². The highest BCUT2D eigenvalue weighted by Crippen LogP contribution is 2.37. The first kappa shape index (κ1) is 21.7. The van der Waals surface area contributed by atoms with Gasteiger partial charge in [-0.05, 0) is 6.42 Å². The predicted molar refractivity (Wildman–Crippen MR) is 87.8 cm³/mol. The van der Waals surface area contributed by atoms with E-state index in [0.29, 0.717) is 12.7 Å². The number of hydrogen-bond donors (Lipinski definition) is 4. The number of rotatable bonds is 7. The Morgan fingerprint density at radius 3 is 2.48 bits per heavy atom. The van der Waals surface area contributed by atoms with E-state index < -0.39 is 61.4 Å². The van der Waals surface area contributed by atoms with Gasteiger partial charge in [0.2, 0.25) is 6.29 Å². The minimum atomic E-state index is -1.59. The third kappa shape index (κ3) is 4.48. The van der Waals surface area contributed by atoms with Gasteiger partial charge in [0.15, 0.2) is 6.29 Å². The molecular formula is C17H26O10. The summed E-state index contributed by atoms with van der Waals surface area (Å²) in [5.74, 6) is -1.59. The molecule has 1 fully saturated rings. The van der Waals surface area contributed by atoms with Gasteiger partial charge in [-0.25, -0.2) is 4.79 Å². The predicted octanol–water partition coefficient (Wildman–Crippen LogP) is -1.55. The molecule has 154 valence electrons. The molecule has 0 unspecified atom stereocenters. The zero-order chi connectivity index (χ0) is 20.1. The summed E-state index contributed by atoms with van der Waals surface area (Å²) < 4.78 is 21.2. The van der Waals surface area contributed by atoms with Crippen LogP contribution in [0.3, 0.4) is 0 Å². The van der Waals surface area contributed by atoms with Gasteiger partial charge >= 0.3 is 5.97 Å². The zero-order valence-electron chi connectivity index (χ0n) is 15.1. The van der Waals surface area contributed by atoms with Crippen molar-refractivity contribution in [3.8, 4) is 0 Å². The Labute approximate surface area is 156 Å². The Morgan fingerprint density at radius 2 is 1.93 bits per heavy atom. The highest BCUT2D eigenvalue weighted by molar-refractivity contribution is 5.89. The average Bonchev–Trinajstić information content (AvgIpc) is 2.68. The maximum absolute atomic E-state index is 11.9. The lowest BCUT2D eigenvalue weighted by Gasteiger charge is -2.43. The molecule has 8 atom stereocenters. The third-order valence-corrected chi connectivity index (χ3v) is 4.95. The molecule has 2 heterocycles. The van der Waals surface area contributed by atoms with Crippen LogP contribution >= 0.6 is 0 Å². The molecule has 0 aliphatic carbocycles. The van der Waals surface area contributed by atoms with E-state index in [1.165, 1.54) is 7.11 Å². The number of ether oxygens (including phenoxy) is 4. The van der Waals surface area contributed by atoms with Crippen LogP contribution in [0.5, 0.6) is 0 Å². The van der Waals surface area contributed by atoms with Crippen molar-refractivity contribution in [3.05, 3.63) is 11.8 Å². The van der Waals surface area contributed by atoms with Gasteiger partial charge in [0.05, 0.1) is 25.6 Å². The normalized spacial score (nSPS) is 39.3. The molecule has 2 aliphatic heterocycles. The van der Waals surface area contributed by atoms with E-state index in [-0.39, 0.29) is 12.0 Å². The largest absolute Gasteiger partial charge is 0.472 e. The fraction of sp³-hybridized carbons (Fsp3) is 0.765. The number of esters is 1. The maximum Gasteiger partial charge on any atom is 0.337 e. The quantitative estimate of drug-likeness (QED) is 0.297. The van der Waals surface area contributed by atoms with Crippen molar-refractivity contribution < 1.29 is 49.0 Å². The van der Waals surface area contributed by atoms with Crippen LogP contribution in [0.1, 0.15) is 19.8 Å². The first-order chi connectivity index (χ1) is 12.9. The fourth-order valence-corrected chi connectivity index (χ4v) is 3.39. The van der Waals surface area contributed by atoms with Gasteiger partial charge in [-0.15, -0.1) is 0 Å². The molecule has 0 aromatic rings. The zero-order valence-corrected chi connectivity index (χ0v) is 15.1. The second kappa shape index (κ2) is 9.58. The number of aliphatic hydroxyl groups is 4. The average molecular weight is 390 g/mol. The lowest BCUT2D eigenvalue weighted by molar-refractivity contribution is -0.341. The summed E-state index contributed by atoms with van der Waals surface area (Å²) in [5.41, 5.74) is 0.199. The lowest BCUT2D eigenvalue weighted by atomic mass is 9.80. The van der Waals surface area contributed by atoms with Crippen LogP contribution in [0.25, 0.3) is 0 Å². The van der Waals surface area contributed by atoms with Crippen molar-refractivity contribution in [1.29, 1.82) is 0 Å². The van der Waals surface area contributed by atoms with E-state index in [1.807, 2.05) is 6.92 Å². The molecule has 0 radical (unpaired) electrons. The van der Waals surface area contributed by atoms with E-state index in [4.69, 9.17) is 18.9 Å². The Hall–Kier alpha value is -1.56. The van der Waals surface area contributed by atoms with Gasteiger partial charge in [0, 0.05) is 18.3 Å². The Kier molecular flexibility index (Phi) is 7.71. The molecule has 10 nitrogen and oxygen atoms in total. The van der Waals surface area contributed by atoms with Crippen LogP contribution in [-0.4, -0.2) is 83.4 Å². The van der Waals surface area contributed by atoms with Gasteiger partial charge in [0.25, 0.3) is 0 Å². The fourth-order valence-electron chi connectivity index (χ4n) is 3.39. The second-order valence-corrected chi connectivity index (χ2v) is 6.48. The Bertz CT molecular complexity index is 548. The Balaban J connectivity index is 2.20. The van der Waals surface area contributed by atoms with Crippen LogP contribution in [0.4, 0.5) is 0 Å². The summed E-state index contributed by atoms with van der Waals surface area (Å²) in [6.07, 6.45) is -5.83. The van der Waals surface area contributed by atoms with E-state index in [1.54, 1.807) is 0 Å². The lowest BCUT2D eigenvalue weighted by Crippen LogP contribution is -2.60. The summed E-state index contributed by atoms with van der Waals surface area (Å²) in [7, 11) is 1.22. The first-order valence-corrected chi connectivity index (χ1v) is 8.72. The van der Waals surface area contributed by atoms with Crippen molar-refractivity contribution >= 4 is 12.3 Å². The van der Waals surface area contributed by atoms with Crippen LogP contribution in [0.2, 0.25) is 0 Å². The summed E-state index contributed by atoms with van der Waals surface area (Å²) in [4.78, 5) is 23.0. The summed E-state index contributed by atoms with van der Waals surface area (Å²) in [6, 6.07) is 0. The molecule has 1 saturated heterocycles. The van der Waals surface area contributed by atoms with Crippen LogP contribution in [-0.2, 0) is 28.5 Å². The SMILES string of the molecule is CC[C@H]1[C@H](O[C@@H]2O[C@H](CO)[C@@H](O)[C@H](O)[C@H]2O)OC=C(C(=O)OC)[C@H]1CC=O. The smallest absolute Gasteiger partial charge is 0.337 e. The number of aliphatic hydroxyl groups excluding tert-OH is 4. The number of methoxy groups -OCH3 is 1. The molecule has 27 heavy (non-hydrogen) atoms. The molecule has 4 N–H and O–H groups in total. The van der Waals surface area contributed by atoms with Gasteiger partial charge in [0.1, 0.15) is 30.7 Å². The minimum Gasteiger partial charge on any atom is -0.472 e. The molecule has 0 amide bonds. The molecule has 0 saturated carbocycles. The third-order valence-electron chi connectivity index (χ3n) is 4.95. The molecular weight excluding hydrogens is 364 g/mol. The summed E-state index contributed by atoms with van der Waals surface area (Å²) >= 11 is 0. The number of carbonyl (C=O) groups excluding carboxylic acids is 2. The van der Waals surface area contributed by atoms with Gasteiger partial charge in [-0.3, -0.25) is 0 Å². The van der Waals surface area contributed by atoms with Crippen LogP contribution < -0.4 is 0 Å². The molecule has 0 aromatic heterocycles. The van der Waals surface area contributed by atoms with Gasteiger partial charge < -0.3 is 44.2 Å². The molecule has 0 spiro atoms. The highest BCUT2D eigenvalue weighted by Gasteiger charge is 2.47. The summed E-state index contributed by atoms with van der Waals surface area (Å²) in [5, 5.41) is 39.1. The Morgan fingerprint density at radius 1 is 1.22 bits per heavy atom. The molecule has 0 aromatic carbocycles. The van der Waals surface area contributed by atoms with E-state index in [2.05, 4.69) is 0 Å². The minimum absolute atomic E-state index is 0.0390. The number of aldehydes is 1. The number of hydrogen-bond acceptors (Lipinski definition) is 10. The van der Waals surface area contributed by atoms with Crippen molar-refractivity contribution in [2.24, 2.45) is 11.8 Å². The summed E-state index contributed by atoms with van der Waals surface area (Å²) in [6.45, 7) is 1.23. The molecule has 10 heteroatoms. The van der Waals surface area contributed by atoms with Crippen molar-refractivity contribution in [2.75, 3.05) is 13.7 Å². The van der Waals surface area contributed by atoms with Crippen molar-refractivity contribution in [2.45, 2.75) is 56.8 Å². The monoisotopic (exact) mass is 390 g/mol. The maximum atomic E-state index is 11.9. The van der Waals surface area contributed by atoms with Crippen molar-refractivity contribution in [3.63, 3.8) is 0 Å². The van der Waals surface area contributed by atoms with Gasteiger partial charge in [-0.2, -0.15) is 0 Å². The molecule has 2 aliphatic rings. The highest BCUT2D eigenvalue weighted by atomic mass is 16.8. The molecule has 0 bridgehead atoms. The molecule has 2 rings (SSSR count). The number of carbonyl (C=O) groups is 2.